The van der Waals surface area contributed by atoms with Crippen LogP contribution in [0.25, 0.3) is 0 Å². The summed E-state index contributed by atoms with van der Waals surface area (Å²) < 4.78 is 70.7. The van der Waals surface area contributed by atoms with Gasteiger partial charge in [0.05, 0.1) is 0 Å². The molecule has 3 nitrogen and oxygen atoms in total. The number of rotatable bonds is 2. The van der Waals surface area contributed by atoms with Crippen LogP contribution in [0, 0.1) is 0 Å². The summed E-state index contributed by atoms with van der Waals surface area (Å²) in [5, 5.41) is 9.67. The average molecular weight is 204 g/mol. The summed E-state index contributed by atoms with van der Waals surface area (Å²) in [7, 11) is -3.65. The minimum atomic E-state index is -5.45. The number of halogens is 6. The Morgan fingerprint density at radius 1 is 0.846 bits per heavy atom. The third kappa shape index (κ3) is 12.1. The van der Waals surface area contributed by atoms with Gasteiger partial charge in [0.15, 0.2) is 0 Å². The van der Waals surface area contributed by atoms with E-state index in [9.17, 15) is 31.4 Å². The molecule has 0 heterocycles. The first-order valence-corrected chi connectivity index (χ1v) is 2.25. The van der Waals surface area contributed by atoms with Gasteiger partial charge in [-0.05, 0) is 0 Å². The summed E-state index contributed by atoms with van der Waals surface area (Å²) in [6.45, 7) is 0. The quantitative estimate of drug-likeness (QED) is 0.366. The molecule has 0 unspecified atom stereocenters. The second-order valence-electron chi connectivity index (χ2n) is 1.42. The Hall–Kier alpha value is 0.122. The van der Waals surface area contributed by atoms with E-state index in [0.29, 0.717) is 0 Å². The third-order valence-electron chi connectivity index (χ3n) is 0.460. The van der Waals surface area contributed by atoms with Crippen LogP contribution in [0.3, 0.4) is 0 Å². The van der Waals surface area contributed by atoms with E-state index in [1.165, 1.54) is 0 Å². The van der Waals surface area contributed by atoms with Gasteiger partial charge in [0.1, 0.15) is 0 Å². The summed E-state index contributed by atoms with van der Waals surface area (Å²) in [5.41, 5.74) is 0. The smallest absolute Gasteiger partial charge is 0.831 e. The van der Waals surface area contributed by atoms with Gasteiger partial charge in [0.25, 0.3) is 0 Å². The van der Waals surface area contributed by atoms with Crippen LogP contribution in [0.2, 0.25) is 0 Å². The molecule has 0 N–H and O–H groups in total. The topological polar surface area (TPSA) is 41.5 Å². The van der Waals surface area contributed by atoms with Crippen LogP contribution >= 0.6 is 0 Å². The van der Waals surface area contributed by atoms with Crippen LogP contribution in [0.15, 0.2) is 0 Å². The molecule has 0 saturated carbocycles. The van der Waals surface area contributed by atoms with E-state index in [2.05, 4.69) is 9.31 Å². The van der Waals surface area contributed by atoms with E-state index in [-0.39, 0.29) is 18.9 Å². The predicted molar refractivity (Wildman–Crippen MR) is 20.0 cm³/mol. The summed E-state index contributed by atoms with van der Waals surface area (Å²) in [6.07, 6.45) is -10.9. The van der Waals surface area contributed by atoms with Crippen LogP contribution in [0.5, 0.6) is 0 Å². The van der Waals surface area contributed by atoms with Crippen molar-refractivity contribution in [1.82, 2.24) is 0 Å². The van der Waals surface area contributed by atoms with Crippen molar-refractivity contribution >= 4 is 7.32 Å². The summed E-state index contributed by atoms with van der Waals surface area (Å²) in [4.78, 5) is 0. The molecule has 0 aliphatic carbocycles. The van der Waals surface area contributed by atoms with Gasteiger partial charge >= 0.3 is 38.9 Å². The molecule has 11 heteroatoms. The van der Waals surface area contributed by atoms with Crippen molar-refractivity contribution in [3.05, 3.63) is 0 Å². The Balaban J connectivity index is 0. The molecular weight excluding hydrogens is 204 g/mol. The van der Waals surface area contributed by atoms with Crippen molar-refractivity contribution in [3.8, 4) is 0 Å². The standard InChI is InChI=1S/C2BF6O3.Li/c4-1(5,6)11-3(10)12-2(7,8)9;/q-1;+1. The summed E-state index contributed by atoms with van der Waals surface area (Å²) in [6, 6.07) is 0. The first-order chi connectivity index (χ1) is 5.10. The Morgan fingerprint density at radius 2 is 1.08 bits per heavy atom. The molecule has 0 fully saturated rings. The predicted octanol–water partition coefficient (Wildman–Crippen LogP) is -2.59. The SMILES string of the molecule is [Li+].[O-]B(OC(F)(F)F)OC(F)(F)F. The second kappa shape index (κ2) is 5.12. The molecule has 0 aliphatic rings. The zero-order valence-corrected chi connectivity index (χ0v) is 6.07. The zero-order chi connectivity index (χ0) is 9.99. The van der Waals surface area contributed by atoms with E-state index in [1.807, 2.05) is 0 Å². The van der Waals surface area contributed by atoms with Crippen LogP contribution in [0.4, 0.5) is 26.3 Å². The molecule has 0 spiro atoms. The maximum absolute atomic E-state index is 11.0. The largest absolute Gasteiger partial charge is 1.00 e. The molecule has 0 saturated heterocycles. The first-order valence-electron chi connectivity index (χ1n) is 2.25. The molecule has 0 rings (SSSR count). The fourth-order valence-electron chi connectivity index (χ4n) is 0.242. The number of hydrogen-bond donors (Lipinski definition) is 0. The maximum atomic E-state index is 11.0. The van der Waals surface area contributed by atoms with Crippen molar-refractivity contribution in [3.63, 3.8) is 0 Å². The molecule has 0 aromatic heterocycles. The van der Waals surface area contributed by atoms with Crippen molar-refractivity contribution in [2.45, 2.75) is 12.7 Å². The fourth-order valence-corrected chi connectivity index (χ4v) is 0.242. The third-order valence-corrected chi connectivity index (χ3v) is 0.460. The van der Waals surface area contributed by atoms with Gasteiger partial charge in [-0.15, -0.1) is 26.3 Å². The van der Waals surface area contributed by atoms with Crippen molar-refractivity contribution < 1.29 is 59.5 Å². The van der Waals surface area contributed by atoms with Gasteiger partial charge in [0, 0.05) is 0 Å². The second-order valence-corrected chi connectivity index (χ2v) is 1.42. The Labute approximate surface area is 80.3 Å². The number of alkyl halides is 6. The molecule has 0 bridgehead atoms. The van der Waals surface area contributed by atoms with Crippen LogP contribution < -0.4 is 23.9 Å². The van der Waals surface area contributed by atoms with Gasteiger partial charge < -0.3 is 14.3 Å². The number of hydrogen-bond acceptors (Lipinski definition) is 3. The van der Waals surface area contributed by atoms with Gasteiger partial charge in [-0.3, -0.25) is 0 Å². The Bertz CT molecular complexity index is 130. The molecule has 72 valence electrons. The zero-order valence-electron chi connectivity index (χ0n) is 6.07. The van der Waals surface area contributed by atoms with Crippen molar-refractivity contribution in [1.29, 1.82) is 0 Å². The fraction of sp³-hybridized carbons (Fsp3) is 1.00. The molecule has 0 aromatic carbocycles. The summed E-state index contributed by atoms with van der Waals surface area (Å²) >= 11 is 0. The van der Waals surface area contributed by atoms with Crippen molar-refractivity contribution in [2.24, 2.45) is 0 Å². The maximum Gasteiger partial charge on any atom is 1.00 e. The monoisotopic (exact) mass is 204 g/mol. The Morgan fingerprint density at radius 3 is 1.23 bits per heavy atom. The van der Waals surface area contributed by atoms with E-state index >= 15 is 0 Å². The van der Waals surface area contributed by atoms with E-state index < -0.39 is 20.0 Å². The normalized spacial score (nSPS) is 12.2. The first kappa shape index (κ1) is 15.6. The molecular formula is C2BF6LiO3. The molecule has 13 heavy (non-hydrogen) atoms. The van der Waals surface area contributed by atoms with Crippen molar-refractivity contribution in [2.75, 3.05) is 0 Å². The molecule has 0 amide bonds. The molecule has 0 aromatic rings. The van der Waals surface area contributed by atoms with E-state index in [4.69, 9.17) is 0 Å². The van der Waals surface area contributed by atoms with Crippen LogP contribution in [-0.2, 0) is 9.31 Å². The van der Waals surface area contributed by atoms with Gasteiger partial charge in [-0.25, -0.2) is 0 Å². The molecule has 0 aliphatic heterocycles. The van der Waals surface area contributed by atoms with E-state index in [0.717, 1.165) is 0 Å². The molecule has 0 radical (unpaired) electrons. The van der Waals surface area contributed by atoms with Crippen LogP contribution in [0.1, 0.15) is 0 Å². The molecule has 0 atom stereocenters. The van der Waals surface area contributed by atoms with Gasteiger partial charge in [-0.1, -0.05) is 0 Å². The average Bonchev–Trinajstić information content (AvgIpc) is 1.49. The van der Waals surface area contributed by atoms with E-state index in [1.54, 1.807) is 0 Å². The minimum Gasteiger partial charge on any atom is -0.831 e. The van der Waals surface area contributed by atoms with Gasteiger partial charge in [-0.2, -0.15) is 0 Å². The summed E-state index contributed by atoms with van der Waals surface area (Å²) in [5.74, 6) is 0. The van der Waals surface area contributed by atoms with Crippen LogP contribution in [-0.4, -0.2) is 20.0 Å². The Kier molecular flexibility index (Phi) is 6.13. The van der Waals surface area contributed by atoms with Gasteiger partial charge in [0.2, 0.25) is 0 Å². The minimum absolute atomic E-state index is 0.